The summed E-state index contributed by atoms with van der Waals surface area (Å²) in [5.74, 6) is 0. The largest absolute Gasteiger partial charge is 0 e. The van der Waals surface area contributed by atoms with Gasteiger partial charge >= 0.3 is 0 Å². The van der Waals surface area contributed by atoms with Gasteiger partial charge in [0.25, 0.3) is 0 Å². The highest BCUT2D eigenvalue weighted by Gasteiger charge is 2.52. The first-order chi connectivity index (χ1) is 13.6. The molecular formula is B30. The second kappa shape index (κ2) is 14.4. The molecule has 0 aromatic rings. The van der Waals surface area contributed by atoms with Gasteiger partial charge in [0.05, 0.1) is 0 Å². The van der Waals surface area contributed by atoms with E-state index in [1.54, 1.807) is 0 Å². The van der Waals surface area contributed by atoms with Crippen molar-refractivity contribution < 1.29 is 0 Å². The Hall–Kier alpha value is 1.95. The van der Waals surface area contributed by atoms with Crippen molar-refractivity contribution in [1.82, 2.24) is 0 Å². The molecular weight excluding hydrogens is 324 g/mol. The van der Waals surface area contributed by atoms with E-state index >= 15 is 0 Å². The molecule has 0 rings (SSSR count). The minimum Gasteiger partial charge on any atom is 0 e. The lowest BCUT2D eigenvalue weighted by atomic mass is 8.31. The Morgan fingerprint density at radius 2 is 0.267 bits per heavy atom. The lowest BCUT2D eigenvalue weighted by molar-refractivity contribution is 3.25. The van der Waals surface area contributed by atoms with E-state index in [2.05, 4.69) is 0 Å². The normalized spacial score (nSPS) is 9.47. The monoisotopic (exact) mass is 330 g/mol. The third-order valence-corrected chi connectivity index (χ3v) is 5.78. The highest BCUT2D eigenvalue weighted by Crippen LogP contribution is 2.14. The zero-order valence-corrected chi connectivity index (χ0v) is 17.3. The van der Waals surface area contributed by atoms with Gasteiger partial charge in [-0.3, -0.25) is 0 Å². The van der Waals surface area contributed by atoms with Gasteiger partial charge in [0.1, 0.15) is 0 Å². The Balaban J connectivity index is 7.14. The first kappa shape index (κ1) is 31.9. The standard InChI is InChI=1S/B30/c1-17(2)25(18(3)4)29(26(19(5)6)20(7)8)30(27(21(9)10)22(11)12)28(23(13)14)24(15)16. The molecule has 0 amide bonds. The smallest absolute Gasteiger partial charge is 0 e. The van der Waals surface area contributed by atoms with E-state index in [0.29, 0.717) is 0 Å². The maximum Gasteiger partial charge on any atom is 0 e. The molecule has 0 atom stereocenters. The summed E-state index contributed by atoms with van der Waals surface area (Å²) >= 11 is 0. The van der Waals surface area contributed by atoms with E-state index in [9.17, 15) is 0 Å². The summed E-state index contributed by atoms with van der Waals surface area (Å²) in [7, 11) is 96.4. The molecule has 0 N–H and O–H groups in total. The van der Waals surface area contributed by atoms with Gasteiger partial charge in [0.2, 0.25) is 0 Å². The Kier molecular flexibility index (Phi) is 15.3. The fourth-order valence-corrected chi connectivity index (χ4v) is 4.62. The Labute approximate surface area is 212 Å². The second-order valence-electron chi connectivity index (χ2n) is 8.08. The Morgan fingerprint density at radius 3 is 0.333 bits per heavy atom. The summed E-state index contributed by atoms with van der Waals surface area (Å²) in [6, 6.07) is 0. The summed E-state index contributed by atoms with van der Waals surface area (Å²) in [5, 5.41) is 0. The van der Waals surface area contributed by atoms with Crippen LogP contribution >= 0.6 is 0 Å². The van der Waals surface area contributed by atoms with Gasteiger partial charge in [0, 0.05) is 213 Å². The van der Waals surface area contributed by atoms with Crippen LogP contribution in [0.3, 0.4) is 0 Å². The molecule has 0 nitrogen and oxygen atoms in total. The average Bonchev–Trinajstić information content (AvgIpc) is 2.50. The van der Waals surface area contributed by atoms with Gasteiger partial charge in [-0.05, 0) is 0 Å². The molecule has 90 valence electrons. The van der Waals surface area contributed by atoms with Crippen molar-refractivity contribution >= 4 is 213 Å². The van der Waals surface area contributed by atoms with E-state index < -0.39 is 89.4 Å². The minimum absolute atomic E-state index is 0.853. The predicted molar refractivity (Wildman–Crippen MR) is 173 cm³/mol. The van der Waals surface area contributed by atoms with Gasteiger partial charge in [-0.2, -0.15) is 0 Å². The lowest BCUT2D eigenvalue weighted by Crippen LogP contribution is -2.88. The van der Waals surface area contributed by atoms with Crippen molar-refractivity contribution in [3.8, 4) is 0 Å². The first-order valence-corrected chi connectivity index (χ1v) is 9.67. The summed E-state index contributed by atoms with van der Waals surface area (Å²) in [4.78, 5) is 0. The van der Waals surface area contributed by atoms with Crippen LogP contribution in [0.1, 0.15) is 0 Å². The molecule has 0 aliphatic carbocycles. The van der Waals surface area contributed by atoms with Gasteiger partial charge in [0.15, 0.2) is 0 Å². The molecule has 0 unspecified atom stereocenters. The summed E-state index contributed by atoms with van der Waals surface area (Å²) in [6.45, 7) is 0. The summed E-state index contributed by atoms with van der Waals surface area (Å²) in [6.07, 6.45) is -13.7. The molecule has 0 saturated carbocycles. The van der Waals surface area contributed by atoms with Gasteiger partial charge in [-0.25, -0.2) is 0 Å². The number of rotatable bonds is 13. The summed E-state index contributed by atoms with van der Waals surface area (Å²) < 4.78 is 0. The SMILES string of the molecule is [B]B([B])B(B([B])[B])B(B(B([B])[B])B([B])[B])B(B(B([B])[B])B([B])[B])B(B([B])[B])B([B])[B]. The van der Waals surface area contributed by atoms with Crippen molar-refractivity contribution in [3.63, 3.8) is 0 Å². The number of hydrogen-bond acceptors (Lipinski definition) is 0. The zero-order chi connectivity index (χ0) is 24.1. The molecule has 0 heterocycles. The van der Waals surface area contributed by atoms with Gasteiger partial charge in [-0.1, -0.05) is 0 Å². The van der Waals surface area contributed by atoms with E-state index in [1.165, 1.54) is 0 Å². The quantitative estimate of drug-likeness (QED) is 0.295. The van der Waals surface area contributed by atoms with E-state index in [1.807, 2.05) is 0 Å². The van der Waals surface area contributed by atoms with Crippen LogP contribution < -0.4 is 0 Å². The molecule has 30 heteroatoms. The second-order valence-corrected chi connectivity index (χ2v) is 8.08. The number of hydrogen-bond donors (Lipinski definition) is 0. The molecule has 0 aromatic carbocycles. The molecule has 0 aliphatic rings. The van der Waals surface area contributed by atoms with E-state index in [-0.39, 0.29) is 0 Å². The molecule has 0 spiro atoms. The fraction of sp³-hybridized carbons (Fsp3) is 0. The molecule has 0 bridgehead atoms. The van der Waals surface area contributed by atoms with Gasteiger partial charge in [-0.15, -0.1) is 0 Å². The van der Waals surface area contributed by atoms with Gasteiger partial charge < -0.3 is 0 Å². The molecule has 0 aliphatic heterocycles. The molecule has 0 saturated heterocycles. The third kappa shape index (κ3) is 8.62. The van der Waals surface area contributed by atoms with Crippen LogP contribution in [-0.4, -0.2) is 213 Å². The summed E-state index contributed by atoms with van der Waals surface area (Å²) in [5.41, 5.74) is 0. The van der Waals surface area contributed by atoms with Crippen LogP contribution in [0.2, 0.25) is 0 Å². The highest BCUT2D eigenvalue weighted by atomic mass is 13.3. The molecule has 30 heavy (non-hydrogen) atoms. The fourth-order valence-electron chi connectivity index (χ4n) is 4.62. The van der Waals surface area contributed by atoms with Crippen molar-refractivity contribution in [2.45, 2.75) is 0 Å². The first-order valence-electron chi connectivity index (χ1n) is 9.67. The Morgan fingerprint density at radius 1 is 0.167 bits per heavy atom. The van der Waals surface area contributed by atoms with Crippen LogP contribution in [-0.2, 0) is 0 Å². The van der Waals surface area contributed by atoms with Crippen molar-refractivity contribution in [2.24, 2.45) is 0 Å². The minimum atomic E-state index is -1.07. The van der Waals surface area contributed by atoms with Crippen LogP contribution in [0, 0.1) is 0 Å². The molecule has 0 aromatic heterocycles. The van der Waals surface area contributed by atoms with Crippen LogP contribution in [0.25, 0.3) is 0 Å². The topological polar surface area (TPSA) is 0 Å². The van der Waals surface area contributed by atoms with Crippen LogP contribution in [0.15, 0.2) is 0 Å². The van der Waals surface area contributed by atoms with Crippen molar-refractivity contribution in [3.05, 3.63) is 0 Å². The van der Waals surface area contributed by atoms with Crippen molar-refractivity contribution in [2.75, 3.05) is 0 Å². The lowest BCUT2D eigenvalue weighted by Gasteiger charge is -2.50. The zero-order valence-electron chi connectivity index (χ0n) is 17.3. The third-order valence-electron chi connectivity index (χ3n) is 5.78. The van der Waals surface area contributed by atoms with Crippen molar-refractivity contribution in [1.29, 1.82) is 0 Å². The molecule has 32 radical (unpaired) electrons. The van der Waals surface area contributed by atoms with Crippen LogP contribution in [0.4, 0.5) is 0 Å². The average molecular weight is 324 g/mol. The maximum atomic E-state index is 6.02. The van der Waals surface area contributed by atoms with E-state index in [4.69, 9.17) is 124 Å². The maximum absolute atomic E-state index is 6.02. The molecule has 0 fully saturated rings. The highest BCUT2D eigenvalue weighted by molar-refractivity contribution is 8.27. The predicted octanol–water partition coefficient (Wildman–Crippen LogP) is -11.4. The van der Waals surface area contributed by atoms with Crippen LogP contribution in [0.5, 0.6) is 0 Å². The van der Waals surface area contributed by atoms with E-state index in [0.717, 1.165) is 0 Å². The Bertz CT molecular complexity index is 323.